The quantitative estimate of drug-likeness (QED) is 0.556. The molecule has 0 unspecified atom stereocenters. The van der Waals surface area contributed by atoms with E-state index in [1.807, 2.05) is 0 Å². The Hall–Kier alpha value is -2.68. The van der Waals surface area contributed by atoms with E-state index >= 15 is 0 Å². The lowest BCUT2D eigenvalue weighted by molar-refractivity contribution is -0.131. The SMILES string of the molecule is CC(=O)Oc1c(NS(=O)(=O)c2ccccc2)oc(-c2ccc(Cl)c(Cl)c2)c1O. The second-order valence-electron chi connectivity index (χ2n) is 5.58. The molecule has 3 rings (SSSR count). The summed E-state index contributed by atoms with van der Waals surface area (Å²) in [5.74, 6) is -2.43. The van der Waals surface area contributed by atoms with E-state index in [0.717, 1.165) is 6.92 Å². The van der Waals surface area contributed by atoms with E-state index in [4.69, 9.17) is 32.4 Å². The summed E-state index contributed by atoms with van der Waals surface area (Å²) in [5, 5.41) is 10.9. The van der Waals surface area contributed by atoms with Crippen LogP contribution in [0.25, 0.3) is 11.3 Å². The van der Waals surface area contributed by atoms with Gasteiger partial charge in [0.1, 0.15) is 0 Å². The van der Waals surface area contributed by atoms with Gasteiger partial charge in [-0.1, -0.05) is 41.4 Å². The molecule has 0 bridgehead atoms. The number of furan rings is 1. The maximum absolute atomic E-state index is 12.6. The first-order valence-electron chi connectivity index (χ1n) is 7.76. The van der Waals surface area contributed by atoms with Crippen molar-refractivity contribution in [3.05, 3.63) is 58.6 Å². The van der Waals surface area contributed by atoms with Crippen LogP contribution in [0.3, 0.4) is 0 Å². The Labute approximate surface area is 170 Å². The van der Waals surface area contributed by atoms with E-state index in [0.29, 0.717) is 5.56 Å². The lowest BCUT2D eigenvalue weighted by atomic mass is 10.1. The van der Waals surface area contributed by atoms with E-state index in [1.165, 1.54) is 30.3 Å². The van der Waals surface area contributed by atoms with Crippen molar-refractivity contribution < 1.29 is 27.5 Å². The first-order valence-corrected chi connectivity index (χ1v) is 10.0. The highest BCUT2D eigenvalue weighted by Crippen LogP contribution is 2.47. The molecule has 28 heavy (non-hydrogen) atoms. The number of aromatic hydroxyl groups is 1. The lowest BCUT2D eigenvalue weighted by Crippen LogP contribution is -2.13. The summed E-state index contributed by atoms with van der Waals surface area (Å²) < 4.78 is 37.7. The molecule has 1 aromatic heterocycles. The fourth-order valence-corrected chi connectivity index (χ4v) is 3.64. The van der Waals surface area contributed by atoms with E-state index in [-0.39, 0.29) is 20.7 Å². The smallest absolute Gasteiger partial charge is 0.308 e. The van der Waals surface area contributed by atoms with Gasteiger partial charge in [0.25, 0.3) is 15.9 Å². The van der Waals surface area contributed by atoms with Gasteiger partial charge in [-0.05, 0) is 30.3 Å². The number of anilines is 1. The third-order valence-corrected chi connectivity index (χ3v) is 5.63. The predicted molar refractivity (Wildman–Crippen MR) is 104 cm³/mol. The second kappa shape index (κ2) is 7.75. The number of esters is 1. The molecule has 0 saturated heterocycles. The number of carbonyl (C=O) groups excluding carboxylic acids is 1. The van der Waals surface area contributed by atoms with Gasteiger partial charge in [-0.15, -0.1) is 0 Å². The summed E-state index contributed by atoms with van der Waals surface area (Å²) in [6.07, 6.45) is 0. The van der Waals surface area contributed by atoms with Crippen LogP contribution >= 0.6 is 23.2 Å². The number of ether oxygens (including phenoxy) is 1. The molecule has 0 aliphatic carbocycles. The third-order valence-electron chi connectivity index (χ3n) is 3.55. The first-order chi connectivity index (χ1) is 13.2. The van der Waals surface area contributed by atoms with Crippen LogP contribution in [0.1, 0.15) is 6.92 Å². The van der Waals surface area contributed by atoms with Crippen LogP contribution < -0.4 is 9.46 Å². The van der Waals surface area contributed by atoms with E-state index in [1.54, 1.807) is 18.2 Å². The fraction of sp³-hybridized carbons (Fsp3) is 0.0556. The summed E-state index contributed by atoms with van der Waals surface area (Å²) in [6.45, 7) is 1.10. The Bertz CT molecular complexity index is 1140. The maximum Gasteiger partial charge on any atom is 0.308 e. The Morgan fingerprint density at radius 2 is 1.79 bits per heavy atom. The molecule has 1 heterocycles. The van der Waals surface area contributed by atoms with Crippen molar-refractivity contribution in [1.82, 2.24) is 0 Å². The van der Waals surface area contributed by atoms with Crippen LogP contribution in [0.4, 0.5) is 5.88 Å². The van der Waals surface area contributed by atoms with Gasteiger partial charge >= 0.3 is 5.97 Å². The molecule has 0 atom stereocenters. The molecule has 7 nitrogen and oxygen atoms in total. The van der Waals surface area contributed by atoms with Gasteiger partial charge in [-0.25, -0.2) is 13.1 Å². The van der Waals surface area contributed by atoms with Crippen LogP contribution in [-0.4, -0.2) is 19.5 Å². The van der Waals surface area contributed by atoms with Gasteiger partial charge in [0.15, 0.2) is 5.76 Å². The normalized spacial score (nSPS) is 11.2. The average Bonchev–Trinajstić information content (AvgIpc) is 2.93. The molecule has 2 aromatic carbocycles. The highest BCUT2D eigenvalue weighted by atomic mass is 35.5. The monoisotopic (exact) mass is 441 g/mol. The number of nitrogens with one attached hydrogen (secondary N) is 1. The number of benzene rings is 2. The van der Waals surface area contributed by atoms with Crippen LogP contribution in [0.15, 0.2) is 57.8 Å². The van der Waals surface area contributed by atoms with Crippen molar-refractivity contribution in [2.75, 3.05) is 4.72 Å². The zero-order chi connectivity index (χ0) is 20.5. The van der Waals surface area contributed by atoms with Crippen molar-refractivity contribution in [2.24, 2.45) is 0 Å². The van der Waals surface area contributed by atoms with Crippen molar-refractivity contribution in [3.63, 3.8) is 0 Å². The molecule has 0 radical (unpaired) electrons. The Balaban J connectivity index is 2.10. The number of rotatable bonds is 5. The molecule has 10 heteroatoms. The van der Waals surface area contributed by atoms with Gasteiger partial charge in [-0.2, -0.15) is 0 Å². The van der Waals surface area contributed by atoms with Crippen molar-refractivity contribution in [2.45, 2.75) is 11.8 Å². The highest BCUT2D eigenvalue weighted by Gasteiger charge is 2.28. The van der Waals surface area contributed by atoms with E-state index in [9.17, 15) is 18.3 Å². The molecule has 0 amide bonds. The summed E-state index contributed by atoms with van der Waals surface area (Å²) >= 11 is 11.9. The number of hydrogen-bond acceptors (Lipinski definition) is 6. The topological polar surface area (TPSA) is 106 Å². The summed E-state index contributed by atoms with van der Waals surface area (Å²) in [4.78, 5) is 11.4. The molecule has 0 fully saturated rings. The number of halogens is 2. The molecule has 2 N–H and O–H groups in total. The Kier molecular flexibility index (Phi) is 5.55. The molecule has 0 aliphatic heterocycles. The van der Waals surface area contributed by atoms with Gasteiger partial charge in [0.05, 0.1) is 14.9 Å². The maximum atomic E-state index is 12.6. The van der Waals surface area contributed by atoms with Gasteiger partial charge in [0.2, 0.25) is 11.5 Å². The largest absolute Gasteiger partial charge is 0.502 e. The summed E-state index contributed by atoms with van der Waals surface area (Å²) in [5.41, 5.74) is 0.297. The standard InChI is InChI=1S/C18H13Cl2NO6S/c1-10(22)26-17-15(23)16(11-7-8-13(19)14(20)9-11)27-18(17)21-28(24,25)12-5-3-2-4-6-12/h2-9,21,23H,1H3. The lowest BCUT2D eigenvalue weighted by Gasteiger charge is -2.07. The minimum absolute atomic E-state index is 0.0456. The minimum atomic E-state index is -4.07. The fourth-order valence-electron chi connectivity index (χ4n) is 2.33. The first kappa shape index (κ1) is 20.1. The number of hydrogen-bond donors (Lipinski definition) is 2. The highest BCUT2D eigenvalue weighted by molar-refractivity contribution is 7.92. The van der Waals surface area contributed by atoms with Crippen molar-refractivity contribution in [1.29, 1.82) is 0 Å². The zero-order valence-electron chi connectivity index (χ0n) is 14.3. The van der Waals surface area contributed by atoms with Crippen LogP contribution in [0.5, 0.6) is 11.5 Å². The van der Waals surface area contributed by atoms with Crippen molar-refractivity contribution in [3.8, 4) is 22.8 Å². The van der Waals surface area contributed by atoms with Crippen molar-refractivity contribution >= 4 is 45.1 Å². The molecular weight excluding hydrogens is 429 g/mol. The van der Waals surface area contributed by atoms with E-state index in [2.05, 4.69) is 4.72 Å². The average molecular weight is 442 g/mol. The number of carbonyl (C=O) groups is 1. The summed E-state index contributed by atoms with van der Waals surface area (Å²) in [6, 6.07) is 11.9. The Morgan fingerprint density at radius 1 is 1.11 bits per heavy atom. The minimum Gasteiger partial charge on any atom is -0.502 e. The second-order valence-corrected chi connectivity index (χ2v) is 8.08. The van der Waals surface area contributed by atoms with Gasteiger partial charge in [-0.3, -0.25) is 4.79 Å². The van der Waals surface area contributed by atoms with Crippen LogP contribution in [0, 0.1) is 0 Å². The van der Waals surface area contributed by atoms with Crippen LogP contribution in [0.2, 0.25) is 10.0 Å². The molecule has 0 aliphatic rings. The third kappa shape index (κ3) is 4.09. The van der Waals surface area contributed by atoms with E-state index < -0.39 is 33.4 Å². The zero-order valence-corrected chi connectivity index (χ0v) is 16.6. The molecule has 0 spiro atoms. The molecular formula is C18H13Cl2NO6S. The Morgan fingerprint density at radius 3 is 2.39 bits per heavy atom. The number of sulfonamides is 1. The van der Waals surface area contributed by atoms with Gasteiger partial charge < -0.3 is 14.3 Å². The summed E-state index contributed by atoms with van der Waals surface area (Å²) in [7, 11) is -4.07. The molecule has 3 aromatic rings. The molecule has 146 valence electrons. The molecule has 0 saturated carbocycles. The van der Waals surface area contributed by atoms with Crippen LogP contribution in [-0.2, 0) is 14.8 Å². The van der Waals surface area contributed by atoms with Gasteiger partial charge in [0, 0.05) is 12.5 Å². The predicted octanol–water partition coefficient (Wildman–Crippen LogP) is 4.69.